The maximum atomic E-state index is 10.7. The van der Waals surface area contributed by atoms with Gasteiger partial charge in [-0.25, -0.2) is 0 Å². The Hall–Kier alpha value is -1.59. The van der Waals surface area contributed by atoms with Gasteiger partial charge in [0.2, 0.25) is 0 Å². The Labute approximate surface area is 107 Å². The summed E-state index contributed by atoms with van der Waals surface area (Å²) in [5, 5.41) is 11.5. The number of carbonyl (C=O) groups is 1. The number of nitrogens with one attached hydrogen (secondary N) is 1. The van der Waals surface area contributed by atoms with Gasteiger partial charge >= 0.3 is 5.97 Å². The number of likely N-dealkylation sites (N-methyl/N-ethyl adjacent to an activating group) is 1. The van der Waals surface area contributed by atoms with E-state index in [1.807, 2.05) is 30.3 Å². The molecule has 5 heteroatoms. The number of aliphatic carboxylic acids is 1. The molecular formula is C13H19NO4. The lowest BCUT2D eigenvalue weighted by Gasteiger charge is -2.11. The van der Waals surface area contributed by atoms with Crippen LogP contribution in [0.1, 0.15) is 6.42 Å². The third-order valence-electron chi connectivity index (χ3n) is 2.44. The van der Waals surface area contributed by atoms with Gasteiger partial charge in [0.05, 0.1) is 6.61 Å². The third kappa shape index (κ3) is 5.65. The van der Waals surface area contributed by atoms with Crippen molar-refractivity contribution in [2.24, 2.45) is 0 Å². The first-order chi connectivity index (χ1) is 8.74. The summed E-state index contributed by atoms with van der Waals surface area (Å²) in [6, 6.07) is 8.93. The van der Waals surface area contributed by atoms with E-state index in [4.69, 9.17) is 14.6 Å². The highest BCUT2D eigenvalue weighted by molar-refractivity contribution is 5.73. The number of benzene rings is 1. The van der Waals surface area contributed by atoms with Crippen LogP contribution in [0.25, 0.3) is 0 Å². The topological polar surface area (TPSA) is 67.8 Å². The van der Waals surface area contributed by atoms with Crippen LogP contribution >= 0.6 is 0 Å². The van der Waals surface area contributed by atoms with E-state index in [1.165, 1.54) is 0 Å². The molecule has 0 aromatic heterocycles. The molecule has 0 aliphatic carbocycles. The lowest BCUT2D eigenvalue weighted by atomic mass is 10.2. The molecule has 0 aliphatic rings. The van der Waals surface area contributed by atoms with Crippen LogP contribution in [0.4, 0.5) is 0 Å². The molecule has 100 valence electrons. The summed E-state index contributed by atoms with van der Waals surface area (Å²) in [4.78, 5) is 10.7. The summed E-state index contributed by atoms with van der Waals surface area (Å²) in [5.41, 5.74) is 0. The lowest BCUT2D eigenvalue weighted by Crippen LogP contribution is -2.34. The van der Waals surface area contributed by atoms with E-state index in [1.54, 1.807) is 7.05 Å². The Morgan fingerprint density at radius 3 is 2.61 bits per heavy atom. The molecule has 0 amide bonds. The Morgan fingerprint density at radius 2 is 2.00 bits per heavy atom. The highest BCUT2D eigenvalue weighted by atomic mass is 16.5. The van der Waals surface area contributed by atoms with E-state index in [2.05, 4.69) is 5.32 Å². The van der Waals surface area contributed by atoms with Gasteiger partial charge in [0.1, 0.15) is 18.4 Å². The average molecular weight is 253 g/mol. The van der Waals surface area contributed by atoms with Crippen LogP contribution < -0.4 is 10.1 Å². The molecule has 1 aromatic rings. The van der Waals surface area contributed by atoms with E-state index in [9.17, 15) is 4.79 Å². The molecule has 0 radical (unpaired) electrons. The van der Waals surface area contributed by atoms with Gasteiger partial charge in [0.25, 0.3) is 0 Å². The SMILES string of the molecule is CNC(CCOCCOc1ccccc1)C(=O)O. The standard InChI is InChI=1S/C13H19NO4/c1-14-12(13(15)16)7-8-17-9-10-18-11-5-3-2-4-6-11/h2-6,12,14H,7-10H2,1H3,(H,15,16). The minimum Gasteiger partial charge on any atom is -0.491 e. The summed E-state index contributed by atoms with van der Waals surface area (Å²) >= 11 is 0. The van der Waals surface area contributed by atoms with Gasteiger partial charge in [-0.3, -0.25) is 4.79 Å². The van der Waals surface area contributed by atoms with Crippen molar-refractivity contribution in [3.8, 4) is 5.75 Å². The highest BCUT2D eigenvalue weighted by Gasteiger charge is 2.13. The lowest BCUT2D eigenvalue weighted by molar-refractivity contribution is -0.139. The van der Waals surface area contributed by atoms with E-state index in [0.29, 0.717) is 26.2 Å². The van der Waals surface area contributed by atoms with Gasteiger partial charge in [-0.05, 0) is 25.6 Å². The van der Waals surface area contributed by atoms with Gasteiger partial charge in [-0.2, -0.15) is 0 Å². The first-order valence-electron chi connectivity index (χ1n) is 5.89. The summed E-state index contributed by atoms with van der Waals surface area (Å²) < 4.78 is 10.7. The van der Waals surface area contributed by atoms with Crippen LogP contribution in [0.5, 0.6) is 5.75 Å². The van der Waals surface area contributed by atoms with Crippen LogP contribution in [0.15, 0.2) is 30.3 Å². The molecule has 1 aromatic carbocycles. The molecule has 0 bridgehead atoms. The fourth-order valence-electron chi connectivity index (χ4n) is 1.43. The molecule has 18 heavy (non-hydrogen) atoms. The normalized spacial score (nSPS) is 12.1. The monoisotopic (exact) mass is 253 g/mol. The summed E-state index contributed by atoms with van der Waals surface area (Å²) in [7, 11) is 1.62. The highest BCUT2D eigenvalue weighted by Crippen LogP contribution is 2.07. The third-order valence-corrected chi connectivity index (χ3v) is 2.44. The van der Waals surface area contributed by atoms with Gasteiger partial charge in [-0.15, -0.1) is 0 Å². The predicted octanol–water partition coefficient (Wildman–Crippen LogP) is 1.14. The predicted molar refractivity (Wildman–Crippen MR) is 67.9 cm³/mol. The van der Waals surface area contributed by atoms with Crippen molar-refractivity contribution in [2.45, 2.75) is 12.5 Å². The molecule has 2 N–H and O–H groups in total. The molecular weight excluding hydrogens is 234 g/mol. The van der Waals surface area contributed by atoms with Crippen molar-refractivity contribution in [1.82, 2.24) is 5.32 Å². The second-order valence-corrected chi connectivity index (χ2v) is 3.74. The van der Waals surface area contributed by atoms with Crippen LogP contribution in [0.3, 0.4) is 0 Å². The zero-order chi connectivity index (χ0) is 13.2. The van der Waals surface area contributed by atoms with Crippen molar-refractivity contribution < 1.29 is 19.4 Å². The number of carboxylic acid groups (broad SMARTS) is 1. The van der Waals surface area contributed by atoms with Gasteiger partial charge < -0.3 is 19.9 Å². The van der Waals surface area contributed by atoms with Gasteiger partial charge in [-0.1, -0.05) is 18.2 Å². The number of hydrogen-bond donors (Lipinski definition) is 2. The number of carboxylic acids is 1. The summed E-state index contributed by atoms with van der Waals surface area (Å²) in [6.07, 6.45) is 0.442. The summed E-state index contributed by atoms with van der Waals surface area (Å²) in [5.74, 6) is -0.0543. The second-order valence-electron chi connectivity index (χ2n) is 3.74. The largest absolute Gasteiger partial charge is 0.491 e. The van der Waals surface area contributed by atoms with Crippen molar-refractivity contribution in [3.05, 3.63) is 30.3 Å². The average Bonchev–Trinajstić information content (AvgIpc) is 2.38. The molecule has 0 saturated heterocycles. The quantitative estimate of drug-likeness (QED) is 0.646. The molecule has 0 fully saturated rings. The number of rotatable bonds is 9. The fourth-order valence-corrected chi connectivity index (χ4v) is 1.43. The Balaban J connectivity index is 2.04. The molecule has 1 rings (SSSR count). The number of ether oxygens (including phenoxy) is 2. The van der Waals surface area contributed by atoms with E-state index in [-0.39, 0.29) is 0 Å². The maximum Gasteiger partial charge on any atom is 0.320 e. The van der Waals surface area contributed by atoms with Crippen molar-refractivity contribution in [1.29, 1.82) is 0 Å². The van der Waals surface area contributed by atoms with E-state index in [0.717, 1.165) is 5.75 Å². The summed E-state index contributed by atoms with van der Waals surface area (Å²) in [6.45, 7) is 1.31. The van der Waals surface area contributed by atoms with E-state index >= 15 is 0 Å². The first-order valence-corrected chi connectivity index (χ1v) is 5.89. The van der Waals surface area contributed by atoms with Crippen LogP contribution in [-0.4, -0.2) is 44.0 Å². The van der Waals surface area contributed by atoms with Gasteiger partial charge in [0.15, 0.2) is 0 Å². The van der Waals surface area contributed by atoms with E-state index < -0.39 is 12.0 Å². The molecule has 5 nitrogen and oxygen atoms in total. The minimum absolute atomic E-state index is 0.399. The Morgan fingerprint density at radius 1 is 1.28 bits per heavy atom. The maximum absolute atomic E-state index is 10.7. The molecule has 0 aliphatic heterocycles. The van der Waals surface area contributed by atoms with Crippen LogP contribution in [-0.2, 0) is 9.53 Å². The molecule has 0 saturated carbocycles. The van der Waals surface area contributed by atoms with Crippen LogP contribution in [0, 0.1) is 0 Å². The van der Waals surface area contributed by atoms with Crippen molar-refractivity contribution in [3.63, 3.8) is 0 Å². The zero-order valence-corrected chi connectivity index (χ0v) is 10.5. The Bertz CT molecular complexity index is 342. The fraction of sp³-hybridized carbons (Fsp3) is 0.462. The number of para-hydroxylation sites is 1. The van der Waals surface area contributed by atoms with Crippen LogP contribution in [0.2, 0.25) is 0 Å². The Kier molecular flexibility index (Phi) is 6.83. The van der Waals surface area contributed by atoms with Crippen molar-refractivity contribution >= 4 is 5.97 Å². The molecule has 0 spiro atoms. The number of hydrogen-bond acceptors (Lipinski definition) is 4. The molecule has 1 unspecified atom stereocenters. The molecule has 1 atom stereocenters. The molecule has 0 heterocycles. The van der Waals surface area contributed by atoms with Crippen molar-refractivity contribution in [2.75, 3.05) is 26.9 Å². The zero-order valence-electron chi connectivity index (χ0n) is 10.5. The van der Waals surface area contributed by atoms with Gasteiger partial charge in [0, 0.05) is 6.61 Å². The second kappa shape index (κ2) is 8.49. The minimum atomic E-state index is -0.860. The first kappa shape index (κ1) is 14.5. The smallest absolute Gasteiger partial charge is 0.320 e.